The summed E-state index contributed by atoms with van der Waals surface area (Å²) in [6.45, 7) is 0. The second kappa shape index (κ2) is 10.1. The smallest absolute Gasteiger partial charge is 0.143 e. The first-order chi connectivity index (χ1) is 23.3. The number of fused-ring (bicyclic) bond motifs is 9. The van der Waals surface area contributed by atoms with Crippen LogP contribution in [0.2, 0.25) is 0 Å². The molecule has 0 aliphatic rings. The fraction of sp³-hybridized carbons (Fsp3) is 0. The maximum atomic E-state index is 6.47. The molecule has 0 unspecified atom stereocenters. The summed E-state index contributed by atoms with van der Waals surface area (Å²) in [7, 11) is 0. The molecule has 0 radical (unpaired) electrons. The quantitative estimate of drug-likeness (QED) is 0.201. The summed E-state index contributed by atoms with van der Waals surface area (Å²) in [4.78, 5) is 2.31. The van der Waals surface area contributed by atoms with E-state index in [1.54, 1.807) is 0 Å². The fourth-order valence-electron chi connectivity index (χ4n) is 7.11. The minimum Gasteiger partial charge on any atom is -0.456 e. The molecule has 8 aromatic carbocycles. The van der Waals surface area contributed by atoms with Crippen LogP contribution in [0.5, 0.6) is 0 Å². The summed E-state index contributed by atoms with van der Waals surface area (Å²) >= 11 is 0. The molecule has 10 rings (SSSR count). The summed E-state index contributed by atoms with van der Waals surface area (Å²) in [5.41, 5.74) is 9.19. The van der Waals surface area contributed by atoms with Crippen LogP contribution in [0.4, 0.5) is 17.1 Å². The molecule has 0 N–H and O–H groups in total. The molecule has 3 nitrogen and oxygen atoms in total. The first-order valence-electron chi connectivity index (χ1n) is 15.9. The van der Waals surface area contributed by atoms with Crippen molar-refractivity contribution >= 4 is 82.5 Å². The van der Waals surface area contributed by atoms with Crippen LogP contribution in [0.3, 0.4) is 0 Å². The highest BCUT2D eigenvalue weighted by Crippen LogP contribution is 2.40. The zero-order chi connectivity index (χ0) is 30.9. The number of hydrogen-bond donors (Lipinski definition) is 0. The number of nitrogens with zero attached hydrogens (tertiary/aromatic N) is 1. The van der Waals surface area contributed by atoms with Crippen molar-refractivity contribution in [3.05, 3.63) is 164 Å². The van der Waals surface area contributed by atoms with Gasteiger partial charge in [-0.05, 0) is 100 Å². The molecule has 0 saturated carbocycles. The van der Waals surface area contributed by atoms with Crippen LogP contribution in [0.25, 0.3) is 76.5 Å². The Labute approximate surface area is 270 Å². The van der Waals surface area contributed by atoms with Gasteiger partial charge in [0.25, 0.3) is 0 Å². The van der Waals surface area contributed by atoms with Gasteiger partial charge >= 0.3 is 0 Å². The third kappa shape index (κ3) is 4.14. The van der Waals surface area contributed by atoms with Gasteiger partial charge in [-0.1, -0.05) is 91.0 Å². The van der Waals surface area contributed by atoms with Crippen molar-refractivity contribution in [1.29, 1.82) is 0 Å². The van der Waals surface area contributed by atoms with Crippen molar-refractivity contribution in [2.24, 2.45) is 0 Å². The molecule has 0 spiro atoms. The second-order valence-corrected chi connectivity index (χ2v) is 12.2. The van der Waals surface area contributed by atoms with Crippen molar-refractivity contribution in [1.82, 2.24) is 0 Å². The average molecular weight is 602 g/mol. The normalized spacial score (nSPS) is 11.8. The molecular formula is C44H27NO2. The maximum absolute atomic E-state index is 6.47. The van der Waals surface area contributed by atoms with Crippen LogP contribution >= 0.6 is 0 Å². The number of benzene rings is 8. The zero-order valence-corrected chi connectivity index (χ0v) is 25.4. The molecule has 3 heteroatoms. The highest BCUT2D eigenvalue weighted by atomic mass is 16.3. The highest BCUT2D eigenvalue weighted by Gasteiger charge is 2.16. The third-order valence-corrected chi connectivity index (χ3v) is 9.41. The van der Waals surface area contributed by atoms with Crippen molar-refractivity contribution in [2.75, 3.05) is 4.90 Å². The van der Waals surface area contributed by atoms with Crippen LogP contribution < -0.4 is 4.90 Å². The zero-order valence-electron chi connectivity index (χ0n) is 25.4. The molecule has 0 aliphatic heterocycles. The number of hydrogen-bond acceptors (Lipinski definition) is 3. The van der Waals surface area contributed by atoms with Crippen molar-refractivity contribution in [3.63, 3.8) is 0 Å². The largest absolute Gasteiger partial charge is 0.456 e. The van der Waals surface area contributed by atoms with Gasteiger partial charge in [-0.3, -0.25) is 0 Å². The Bertz CT molecular complexity index is 2790. The molecule has 0 fully saturated rings. The standard InChI is InChI=1S/C44H27NO2/c1-2-9-33(10-3-1)45(35-21-16-30-25-40-37-12-6-7-13-41(37)46-43(40)27-32(30)24-35)34-19-14-28(15-20-34)31-18-22-38-39-23-17-29-8-4-5-11-36(29)44(39)47-42(38)26-31/h1-27H. The Hall–Kier alpha value is -6.32. The van der Waals surface area contributed by atoms with Gasteiger partial charge in [0.15, 0.2) is 0 Å². The third-order valence-electron chi connectivity index (χ3n) is 9.41. The summed E-state index contributed by atoms with van der Waals surface area (Å²) in [5, 5.41) is 9.23. The number of para-hydroxylation sites is 2. The number of rotatable bonds is 4. The van der Waals surface area contributed by atoms with Crippen molar-refractivity contribution in [3.8, 4) is 11.1 Å². The summed E-state index contributed by atoms with van der Waals surface area (Å²) in [6, 6.07) is 57.9. The minimum absolute atomic E-state index is 0.901. The van der Waals surface area contributed by atoms with E-state index in [0.717, 1.165) is 82.8 Å². The molecule has 2 aromatic heterocycles. The van der Waals surface area contributed by atoms with Crippen LogP contribution in [0.15, 0.2) is 173 Å². The first-order valence-corrected chi connectivity index (χ1v) is 15.9. The summed E-state index contributed by atoms with van der Waals surface area (Å²) in [5.74, 6) is 0. The first kappa shape index (κ1) is 26.0. The van der Waals surface area contributed by atoms with E-state index in [-0.39, 0.29) is 0 Å². The van der Waals surface area contributed by atoms with Gasteiger partial charge in [0.05, 0.1) is 0 Å². The molecular weight excluding hydrogens is 574 g/mol. The lowest BCUT2D eigenvalue weighted by Gasteiger charge is -2.26. The lowest BCUT2D eigenvalue weighted by Crippen LogP contribution is -2.09. The molecule has 0 aliphatic carbocycles. The van der Waals surface area contributed by atoms with Gasteiger partial charge in [-0.2, -0.15) is 0 Å². The lowest BCUT2D eigenvalue weighted by atomic mass is 10.0. The van der Waals surface area contributed by atoms with Crippen LogP contribution in [0, 0.1) is 0 Å². The van der Waals surface area contributed by atoms with Crippen molar-refractivity contribution in [2.45, 2.75) is 0 Å². The van der Waals surface area contributed by atoms with Gasteiger partial charge < -0.3 is 13.7 Å². The van der Waals surface area contributed by atoms with Gasteiger partial charge in [-0.15, -0.1) is 0 Å². The number of anilines is 3. The van der Waals surface area contributed by atoms with E-state index in [4.69, 9.17) is 8.83 Å². The summed E-state index contributed by atoms with van der Waals surface area (Å²) in [6.07, 6.45) is 0. The molecule has 2 heterocycles. The highest BCUT2D eigenvalue weighted by molar-refractivity contribution is 6.15. The molecule has 0 saturated heterocycles. The average Bonchev–Trinajstić information content (AvgIpc) is 3.69. The predicted molar refractivity (Wildman–Crippen MR) is 196 cm³/mol. The predicted octanol–water partition coefficient (Wildman–Crippen LogP) is 12.9. The topological polar surface area (TPSA) is 29.5 Å². The van der Waals surface area contributed by atoms with Gasteiger partial charge in [0.1, 0.15) is 22.3 Å². The number of furan rings is 2. The lowest BCUT2D eigenvalue weighted by molar-refractivity contribution is 0.669. The Morgan fingerprint density at radius 3 is 1.87 bits per heavy atom. The van der Waals surface area contributed by atoms with Crippen LogP contribution in [-0.4, -0.2) is 0 Å². The Kier molecular flexibility index (Phi) is 5.57. The van der Waals surface area contributed by atoms with Gasteiger partial charge in [0.2, 0.25) is 0 Å². The fourth-order valence-corrected chi connectivity index (χ4v) is 7.11. The van der Waals surface area contributed by atoms with E-state index in [9.17, 15) is 0 Å². The molecule has 0 bridgehead atoms. The van der Waals surface area contributed by atoms with Gasteiger partial charge in [-0.25, -0.2) is 0 Å². The molecule has 220 valence electrons. The van der Waals surface area contributed by atoms with E-state index >= 15 is 0 Å². The van der Waals surface area contributed by atoms with Crippen LogP contribution in [-0.2, 0) is 0 Å². The molecule has 0 atom stereocenters. The van der Waals surface area contributed by atoms with E-state index in [1.807, 2.05) is 12.1 Å². The molecule has 10 aromatic rings. The second-order valence-electron chi connectivity index (χ2n) is 12.2. The Morgan fingerprint density at radius 1 is 0.319 bits per heavy atom. The molecule has 47 heavy (non-hydrogen) atoms. The maximum Gasteiger partial charge on any atom is 0.143 e. The molecule has 0 amide bonds. The van der Waals surface area contributed by atoms with E-state index in [2.05, 4.69) is 157 Å². The minimum atomic E-state index is 0.901. The SMILES string of the molecule is c1ccc(N(c2ccc(-c3ccc4c(c3)oc3c5ccccc5ccc43)cc2)c2ccc3cc4c(cc3c2)oc2ccccc24)cc1. The van der Waals surface area contributed by atoms with E-state index in [1.165, 1.54) is 10.8 Å². The monoisotopic (exact) mass is 601 g/mol. The van der Waals surface area contributed by atoms with E-state index in [0.29, 0.717) is 0 Å². The summed E-state index contributed by atoms with van der Waals surface area (Å²) < 4.78 is 12.7. The van der Waals surface area contributed by atoms with Gasteiger partial charge in [0, 0.05) is 44.0 Å². The van der Waals surface area contributed by atoms with E-state index < -0.39 is 0 Å². The van der Waals surface area contributed by atoms with Crippen molar-refractivity contribution < 1.29 is 8.83 Å². The Balaban J connectivity index is 1.05. The van der Waals surface area contributed by atoms with Crippen LogP contribution in [0.1, 0.15) is 0 Å². The Morgan fingerprint density at radius 2 is 0.979 bits per heavy atom.